The summed E-state index contributed by atoms with van der Waals surface area (Å²) in [7, 11) is 0. The third-order valence-corrected chi connectivity index (χ3v) is 5.96. The first-order chi connectivity index (χ1) is 13.0. The van der Waals surface area contributed by atoms with Gasteiger partial charge in [-0.05, 0) is 56.5 Å². The van der Waals surface area contributed by atoms with Crippen LogP contribution in [0.3, 0.4) is 0 Å². The van der Waals surface area contributed by atoms with Crippen LogP contribution in [0.25, 0.3) is 0 Å². The molecule has 0 spiro atoms. The van der Waals surface area contributed by atoms with E-state index in [0.29, 0.717) is 18.0 Å². The summed E-state index contributed by atoms with van der Waals surface area (Å²) in [4.78, 5) is 28.2. The summed E-state index contributed by atoms with van der Waals surface area (Å²) in [6.45, 7) is 4.78. The van der Waals surface area contributed by atoms with Crippen molar-refractivity contribution < 1.29 is 19.1 Å². The summed E-state index contributed by atoms with van der Waals surface area (Å²) in [5.74, 6) is -1.09. The first-order valence-electron chi connectivity index (χ1n) is 10.0. The number of nitrogens with zero attached hydrogens (tertiary/aromatic N) is 2. The number of piperazine rings is 1. The molecule has 0 amide bonds. The van der Waals surface area contributed by atoms with Crippen LogP contribution in [-0.2, 0) is 4.79 Å². The highest BCUT2D eigenvalue weighted by atomic mass is 19.1. The molecule has 2 aliphatic rings. The molecule has 2 atom stereocenters. The minimum atomic E-state index is -0.649. The molecule has 6 heteroatoms. The predicted molar refractivity (Wildman–Crippen MR) is 101 cm³/mol. The molecule has 1 heterocycles. The van der Waals surface area contributed by atoms with E-state index in [0.717, 1.165) is 64.8 Å². The summed E-state index contributed by atoms with van der Waals surface area (Å²) in [5, 5.41) is 9.26. The van der Waals surface area contributed by atoms with Gasteiger partial charge in [-0.15, -0.1) is 0 Å². The van der Waals surface area contributed by atoms with Gasteiger partial charge < -0.3 is 10.0 Å². The Bertz CT molecular complexity index is 641. The number of carbonyl (C=O) groups is 2. The van der Waals surface area contributed by atoms with E-state index in [4.69, 9.17) is 0 Å². The lowest BCUT2D eigenvalue weighted by Gasteiger charge is -2.41. The van der Waals surface area contributed by atoms with Crippen molar-refractivity contribution in [1.82, 2.24) is 9.80 Å². The largest absolute Gasteiger partial charge is 0.481 e. The van der Waals surface area contributed by atoms with Gasteiger partial charge >= 0.3 is 5.97 Å². The van der Waals surface area contributed by atoms with Gasteiger partial charge in [0, 0.05) is 44.2 Å². The molecule has 2 unspecified atom stereocenters. The van der Waals surface area contributed by atoms with Crippen LogP contribution in [0.1, 0.15) is 48.9 Å². The number of hydrogen-bond donors (Lipinski definition) is 1. The third-order valence-electron chi connectivity index (χ3n) is 5.96. The molecule has 3 rings (SSSR count). The third kappa shape index (κ3) is 5.59. The van der Waals surface area contributed by atoms with E-state index in [1.54, 1.807) is 12.1 Å². The Morgan fingerprint density at radius 1 is 1.07 bits per heavy atom. The number of aliphatic carboxylic acids is 1. The average Bonchev–Trinajstić information content (AvgIpc) is 2.69. The van der Waals surface area contributed by atoms with Crippen LogP contribution in [-0.4, -0.2) is 65.4 Å². The van der Waals surface area contributed by atoms with E-state index < -0.39 is 5.97 Å². The number of Topliss-reactive ketones (excluding diaryl/α,β-unsaturated/α-hetero) is 1. The second-order valence-corrected chi connectivity index (χ2v) is 7.77. The zero-order valence-corrected chi connectivity index (χ0v) is 15.8. The quantitative estimate of drug-likeness (QED) is 0.741. The number of ketones is 1. The van der Waals surface area contributed by atoms with Gasteiger partial charge in [0.2, 0.25) is 0 Å². The number of carboxylic acid groups (broad SMARTS) is 1. The van der Waals surface area contributed by atoms with E-state index in [-0.39, 0.29) is 17.5 Å². The van der Waals surface area contributed by atoms with E-state index in [9.17, 15) is 19.1 Å². The van der Waals surface area contributed by atoms with Crippen LogP contribution in [0.4, 0.5) is 4.39 Å². The zero-order valence-electron chi connectivity index (χ0n) is 15.8. The molecule has 1 aliphatic heterocycles. The van der Waals surface area contributed by atoms with Crippen LogP contribution in [0, 0.1) is 11.7 Å². The monoisotopic (exact) mass is 376 g/mol. The van der Waals surface area contributed by atoms with E-state index in [2.05, 4.69) is 9.80 Å². The van der Waals surface area contributed by atoms with Gasteiger partial charge in [0.15, 0.2) is 5.78 Å². The Morgan fingerprint density at radius 3 is 2.44 bits per heavy atom. The van der Waals surface area contributed by atoms with Gasteiger partial charge in [0.05, 0.1) is 5.92 Å². The Balaban J connectivity index is 1.36. The fourth-order valence-corrected chi connectivity index (χ4v) is 4.32. The number of benzene rings is 1. The van der Waals surface area contributed by atoms with Gasteiger partial charge in [-0.3, -0.25) is 14.5 Å². The topological polar surface area (TPSA) is 60.9 Å². The summed E-state index contributed by atoms with van der Waals surface area (Å²) in [6.07, 6.45) is 4.99. The maximum Gasteiger partial charge on any atom is 0.306 e. The highest BCUT2D eigenvalue weighted by Gasteiger charge is 2.31. The predicted octanol–water partition coefficient (Wildman–Crippen LogP) is 3.05. The number of halogens is 1. The molecule has 27 heavy (non-hydrogen) atoms. The van der Waals surface area contributed by atoms with Crippen molar-refractivity contribution in [3.05, 3.63) is 35.6 Å². The van der Waals surface area contributed by atoms with Crippen LogP contribution in [0.5, 0.6) is 0 Å². The Labute approximate surface area is 160 Å². The fourth-order valence-electron chi connectivity index (χ4n) is 4.32. The van der Waals surface area contributed by atoms with E-state index in [1.807, 2.05) is 0 Å². The van der Waals surface area contributed by atoms with Crippen molar-refractivity contribution in [3.63, 3.8) is 0 Å². The van der Waals surface area contributed by atoms with Crippen molar-refractivity contribution >= 4 is 11.8 Å². The van der Waals surface area contributed by atoms with Crippen LogP contribution in [0.15, 0.2) is 24.3 Å². The molecule has 1 N–H and O–H groups in total. The molecule has 0 bridgehead atoms. The van der Waals surface area contributed by atoms with Crippen molar-refractivity contribution in [1.29, 1.82) is 0 Å². The smallest absolute Gasteiger partial charge is 0.306 e. The van der Waals surface area contributed by atoms with Crippen molar-refractivity contribution in [2.75, 3.05) is 32.7 Å². The van der Waals surface area contributed by atoms with Gasteiger partial charge in [-0.25, -0.2) is 4.39 Å². The summed E-state index contributed by atoms with van der Waals surface area (Å²) < 4.78 is 12.9. The highest BCUT2D eigenvalue weighted by molar-refractivity contribution is 5.95. The lowest BCUT2D eigenvalue weighted by molar-refractivity contribution is -0.143. The molecule has 1 aliphatic carbocycles. The second kappa shape index (κ2) is 9.42. The molecular weight excluding hydrogens is 347 g/mol. The first kappa shape index (κ1) is 20.0. The number of carbonyl (C=O) groups excluding carboxylic acids is 1. The summed E-state index contributed by atoms with van der Waals surface area (Å²) >= 11 is 0. The lowest BCUT2D eigenvalue weighted by atomic mass is 9.85. The lowest BCUT2D eigenvalue weighted by Crippen LogP contribution is -2.51. The molecule has 1 aromatic carbocycles. The van der Waals surface area contributed by atoms with Gasteiger partial charge in [-0.1, -0.05) is 6.42 Å². The van der Waals surface area contributed by atoms with Crippen molar-refractivity contribution in [2.45, 2.75) is 44.6 Å². The first-order valence-corrected chi connectivity index (χ1v) is 10.0. The van der Waals surface area contributed by atoms with Crippen LogP contribution in [0.2, 0.25) is 0 Å². The van der Waals surface area contributed by atoms with Crippen LogP contribution >= 0.6 is 0 Å². The zero-order chi connectivity index (χ0) is 19.2. The number of hydrogen-bond acceptors (Lipinski definition) is 4. The molecule has 1 saturated heterocycles. The fraction of sp³-hybridized carbons (Fsp3) is 0.619. The maximum absolute atomic E-state index is 12.9. The van der Waals surface area contributed by atoms with Crippen LogP contribution < -0.4 is 0 Å². The van der Waals surface area contributed by atoms with Crippen molar-refractivity contribution in [2.24, 2.45) is 5.92 Å². The Morgan fingerprint density at radius 2 is 1.78 bits per heavy atom. The SMILES string of the molecule is O=C(CCCN1CCN(C2CCCC(C(=O)O)C2)CC1)c1ccc(F)cc1. The minimum absolute atomic E-state index is 0.0653. The van der Waals surface area contributed by atoms with Gasteiger partial charge in [0.1, 0.15) is 5.82 Å². The number of rotatable bonds is 7. The average molecular weight is 376 g/mol. The second-order valence-electron chi connectivity index (χ2n) is 7.77. The van der Waals surface area contributed by atoms with Crippen molar-refractivity contribution in [3.8, 4) is 0 Å². The molecule has 148 valence electrons. The summed E-state index contributed by atoms with van der Waals surface area (Å²) in [5.41, 5.74) is 0.575. The normalized spacial score (nSPS) is 24.6. The molecule has 0 radical (unpaired) electrons. The molecule has 5 nitrogen and oxygen atoms in total. The molecular formula is C21H29FN2O3. The summed E-state index contributed by atoms with van der Waals surface area (Å²) in [6, 6.07) is 6.15. The maximum atomic E-state index is 12.9. The number of carboxylic acids is 1. The van der Waals surface area contributed by atoms with E-state index in [1.165, 1.54) is 12.1 Å². The van der Waals surface area contributed by atoms with Gasteiger partial charge in [-0.2, -0.15) is 0 Å². The highest BCUT2D eigenvalue weighted by Crippen LogP contribution is 2.28. The van der Waals surface area contributed by atoms with Gasteiger partial charge in [0.25, 0.3) is 0 Å². The Hall–Kier alpha value is -1.79. The molecule has 0 aromatic heterocycles. The molecule has 1 aromatic rings. The molecule has 1 saturated carbocycles. The molecule has 2 fully saturated rings. The standard InChI is InChI=1S/C21H29FN2O3/c22-18-8-6-16(7-9-18)20(25)5-2-10-23-11-13-24(14-12-23)19-4-1-3-17(15-19)21(26)27/h6-9,17,19H,1-5,10-15H2,(H,26,27). The minimum Gasteiger partial charge on any atom is -0.481 e. The Kier molecular flexibility index (Phi) is 6.96. The van der Waals surface area contributed by atoms with E-state index >= 15 is 0 Å².